The van der Waals surface area contributed by atoms with Gasteiger partial charge in [-0.15, -0.1) is 0 Å². The lowest BCUT2D eigenvalue weighted by atomic mass is 10.0. The van der Waals surface area contributed by atoms with Gasteiger partial charge in [-0.25, -0.2) is 4.99 Å². The Kier molecular flexibility index (Phi) is 4.70. The van der Waals surface area contributed by atoms with Gasteiger partial charge in [0, 0.05) is 28.0 Å². The summed E-state index contributed by atoms with van der Waals surface area (Å²) in [5.41, 5.74) is 0.277. The van der Waals surface area contributed by atoms with Gasteiger partial charge in [0.25, 0.3) is 0 Å². The van der Waals surface area contributed by atoms with E-state index in [2.05, 4.69) is 31.0 Å². The Morgan fingerprint density at radius 2 is 1.90 bits per heavy atom. The van der Waals surface area contributed by atoms with Gasteiger partial charge in [0.05, 0.1) is 17.5 Å². The van der Waals surface area contributed by atoms with Crippen LogP contribution in [0.1, 0.15) is 16.8 Å². The van der Waals surface area contributed by atoms with Crippen LogP contribution in [0.3, 0.4) is 0 Å². The van der Waals surface area contributed by atoms with Crippen molar-refractivity contribution in [3.05, 3.63) is 76.0 Å². The molecule has 2 aromatic heterocycles. The van der Waals surface area contributed by atoms with E-state index in [4.69, 9.17) is 0 Å². The van der Waals surface area contributed by atoms with E-state index >= 15 is 0 Å². The third-order valence-corrected chi connectivity index (χ3v) is 4.83. The lowest BCUT2D eigenvalue weighted by Gasteiger charge is -2.09. The molecule has 148 valence electrons. The van der Waals surface area contributed by atoms with E-state index in [1.54, 1.807) is 48.5 Å². The van der Waals surface area contributed by atoms with Gasteiger partial charge in [0.1, 0.15) is 5.69 Å². The molecule has 0 aliphatic rings. The number of aryl methyl sites for hydroxylation is 1. The molecule has 0 spiro atoms. The number of hydrogen-bond donors (Lipinski definition) is 2. The topological polar surface area (TPSA) is 66.2 Å². The molecule has 0 unspecified atom stereocenters. The summed E-state index contributed by atoms with van der Waals surface area (Å²) < 4.78 is 42.1. The van der Waals surface area contributed by atoms with Crippen LogP contribution in [0.4, 0.5) is 18.9 Å². The minimum absolute atomic E-state index is 0.182. The molecular weight excluding hydrogens is 449 g/mol. The van der Waals surface area contributed by atoms with Crippen molar-refractivity contribution < 1.29 is 18.3 Å². The number of nitrogens with one attached hydrogen (secondary N) is 1. The van der Waals surface area contributed by atoms with Gasteiger partial charge >= 0.3 is 6.18 Å². The first-order chi connectivity index (χ1) is 13.7. The number of aliphatic imine (C=N–C) groups is 1. The zero-order chi connectivity index (χ0) is 20.8. The van der Waals surface area contributed by atoms with Crippen LogP contribution >= 0.6 is 15.9 Å². The quantitative estimate of drug-likeness (QED) is 0.391. The Labute approximate surface area is 171 Å². The summed E-state index contributed by atoms with van der Waals surface area (Å²) in [7, 11) is 1.40. The minimum atomic E-state index is -4.66. The third kappa shape index (κ3) is 3.65. The van der Waals surface area contributed by atoms with Gasteiger partial charge in [-0.1, -0.05) is 46.3 Å². The molecule has 2 N–H and O–H groups in total. The van der Waals surface area contributed by atoms with Gasteiger partial charge in [-0.2, -0.15) is 18.3 Å². The number of H-pyrrole nitrogens is 1. The van der Waals surface area contributed by atoms with Crippen molar-refractivity contribution in [1.29, 1.82) is 0 Å². The fraction of sp³-hybridized carbons (Fsp3) is 0.100. The smallest absolute Gasteiger partial charge is 0.437 e. The van der Waals surface area contributed by atoms with Crippen LogP contribution < -0.4 is 0 Å². The summed E-state index contributed by atoms with van der Waals surface area (Å²) in [4.78, 5) is 7.17. The first kappa shape index (κ1) is 19.3. The molecule has 0 atom stereocenters. The first-order valence-corrected chi connectivity index (χ1v) is 9.29. The average molecular weight is 463 g/mol. The highest BCUT2D eigenvalue weighted by atomic mass is 79.9. The maximum Gasteiger partial charge on any atom is 0.437 e. The fourth-order valence-corrected chi connectivity index (χ4v) is 3.49. The molecule has 0 saturated heterocycles. The first-order valence-electron chi connectivity index (χ1n) is 8.49. The van der Waals surface area contributed by atoms with Crippen molar-refractivity contribution in [3.63, 3.8) is 0 Å². The van der Waals surface area contributed by atoms with Gasteiger partial charge in [0.2, 0.25) is 0 Å². The van der Waals surface area contributed by atoms with E-state index in [1.165, 1.54) is 13.2 Å². The molecule has 2 aromatic carbocycles. The standard InChI is InChI=1S/C20H14BrF3N4O/c1-28-10-15(18(27-28)20(22,23)24)25-17(11-5-3-2-4-6-11)16-13-9-12(21)7-8-14(13)26-19(16)29/h2-10,26,29H,1H3. The Hall–Kier alpha value is -3.07. The van der Waals surface area contributed by atoms with Crippen molar-refractivity contribution in [3.8, 4) is 5.88 Å². The number of aromatic hydroxyl groups is 1. The molecule has 0 aliphatic heterocycles. The van der Waals surface area contributed by atoms with E-state index in [-0.39, 0.29) is 17.3 Å². The summed E-state index contributed by atoms with van der Waals surface area (Å²) in [6, 6.07) is 14.1. The normalized spacial score (nSPS) is 12.7. The molecule has 4 aromatic rings. The second-order valence-electron chi connectivity index (χ2n) is 6.40. The predicted octanol–water partition coefficient (Wildman–Crippen LogP) is 5.56. The number of halogens is 4. The average Bonchev–Trinajstić information content (AvgIpc) is 3.19. The molecule has 0 aliphatic carbocycles. The van der Waals surface area contributed by atoms with Crippen molar-refractivity contribution in [2.45, 2.75) is 6.18 Å². The number of hydrogen-bond acceptors (Lipinski definition) is 3. The SMILES string of the molecule is Cn1cc(N=C(c2ccccc2)c2c(O)[nH]c3ccc(Br)cc23)c(C(F)(F)F)n1. The van der Waals surface area contributed by atoms with Crippen LogP contribution in [0.15, 0.2) is 64.2 Å². The van der Waals surface area contributed by atoms with Crippen molar-refractivity contribution >= 4 is 38.2 Å². The molecule has 4 rings (SSSR count). The molecule has 2 heterocycles. The van der Waals surface area contributed by atoms with E-state index in [0.29, 0.717) is 22.0 Å². The van der Waals surface area contributed by atoms with Gasteiger partial charge in [-0.3, -0.25) is 4.68 Å². The number of benzene rings is 2. The van der Waals surface area contributed by atoms with Crippen LogP contribution in [0.5, 0.6) is 5.88 Å². The maximum absolute atomic E-state index is 13.4. The van der Waals surface area contributed by atoms with Crippen LogP contribution in [0, 0.1) is 0 Å². The number of aromatic nitrogens is 3. The molecule has 0 bridgehead atoms. The molecule has 5 nitrogen and oxygen atoms in total. The second kappa shape index (κ2) is 7.07. The molecule has 0 saturated carbocycles. The van der Waals surface area contributed by atoms with E-state index in [9.17, 15) is 18.3 Å². The Morgan fingerprint density at radius 3 is 2.59 bits per heavy atom. The summed E-state index contributed by atoms with van der Waals surface area (Å²) in [6.07, 6.45) is -3.46. The zero-order valence-electron chi connectivity index (χ0n) is 15.0. The fourth-order valence-electron chi connectivity index (χ4n) is 3.13. The minimum Gasteiger partial charge on any atom is -0.494 e. The van der Waals surface area contributed by atoms with Gasteiger partial charge < -0.3 is 10.1 Å². The zero-order valence-corrected chi connectivity index (χ0v) is 16.6. The highest BCUT2D eigenvalue weighted by Crippen LogP contribution is 2.37. The van der Waals surface area contributed by atoms with Crippen molar-refractivity contribution in [2.75, 3.05) is 0 Å². The monoisotopic (exact) mass is 462 g/mol. The van der Waals surface area contributed by atoms with Crippen molar-refractivity contribution in [2.24, 2.45) is 12.0 Å². The number of alkyl halides is 3. The molecular formula is C20H14BrF3N4O. The van der Waals surface area contributed by atoms with Crippen LogP contribution in [-0.2, 0) is 13.2 Å². The van der Waals surface area contributed by atoms with Crippen LogP contribution in [0.25, 0.3) is 10.9 Å². The lowest BCUT2D eigenvalue weighted by molar-refractivity contribution is -0.140. The van der Waals surface area contributed by atoms with E-state index in [1.807, 2.05) is 0 Å². The number of rotatable bonds is 3. The summed E-state index contributed by atoms with van der Waals surface area (Å²) >= 11 is 3.39. The van der Waals surface area contributed by atoms with E-state index in [0.717, 1.165) is 9.15 Å². The van der Waals surface area contributed by atoms with Crippen molar-refractivity contribution in [1.82, 2.24) is 14.8 Å². The Bertz CT molecular complexity index is 1230. The molecule has 0 radical (unpaired) electrons. The summed E-state index contributed by atoms with van der Waals surface area (Å²) in [5, 5.41) is 14.7. The Balaban J connectivity index is 2.03. The molecule has 0 amide bonds. The molecule has 9 heteroatoms. The number of aromatic amines is 1. The van der Waals surface area contributed by atoms with Gasteiger partial charge in [0.15, 0.2) is 11.6 Å². The van der Waals surface area contributed by atoms with E-state index < -0.39 is 11.9 Å². The summed E-state index contributed by atoms with van der Waals surface area (Å²) in [6.45, 7) is 0. The highest BCUT2D eigenvalue weighted by molar-refractivity contribution is 9.10. The Morgan fingerprint density at radius 1 is 1.17 bits per heavy atom. The summed E-state index contributed by atoms with van der Waals surface area (Å²) in [5.74, 6) is -0.182. The largest absolute Gasteiger partial charge is 0.494 e. The third-order valence-electron chi connectivity index (χ3n) is 4.34. The maximum atomic E-state index is 13.4. The lowest BCUT2D eigenvalue weighted by Crippen LogP contribution is -2.08. The number of nitrogens with zero attached hydrogens (tertiary/aromatic N) is 3. The highest BCUT2D eigenvalue weighted by Gasteiger charge is 2.37. The second-order valence-corrected chi connectivity index (χ2v) is 7.31. The molecule has 0 fully saturated rings. The van der Waals surface area contributed by atoms with Gasteiger partial charge in [-0.05, 0) is 18.2 Å². The van der Waals surface area contributed by atoms with Crippen LogP contribution in [-0.4, -0.2) is 25.6 Å². The predicted molar refractivity (Wildman–Crippen MR) is 108 cm³/mol. The number of fused-ring (bicyclic) bond motifs is 1. The van der Waals surface area contributed by atoms with Crippen LogP contribution in [0.2, 0.25) is 0 Å². The molecule has 29 heavy (non-hydrogen) atoms.